The second-order valence-corrected chi connectivity index (χ2v) is 4.34. The van der Waals surface area contributed by atoms with Crippen LogP contribution in [0.1, 0.15) is 19.8 Å². The van der Waals surface area contributed by atoms with Crippen molar-refractivity contribution >= 4 is 23.2 Å². The van der Waals surface area contributed by atoms with Crippen LogP contribution in [-0.2, 0) is 9.53 Å². The lowest BCUT2D eigenvalue weighted by atomic mass is 10.0. The number of carbonyl (C=O) groups is 1. The van der Waals surface area contributed by atoms with Gasteiger partial charge in [0.25, 0.3) is 5.91 Å². The van der Waals surface area contributed by atoms with E-state index in [4.69, 9.17) is 16.3 Å². The first-order valence-corrected chi connectivity index (χ1v) is 5.55. The van der Waals surface area contributed by atoms with Crippen LogP contribution in [0.15, 0.2) is 18.3 Å². The summed E-state index contributed by atoms with van der Waals surface area (Å²) in [5, 5.41) is 3.02. The van der Waals surface area contributed by atoms with Crippen molar-refractivity contribution in [1.29, 1.82) is 0 Å². The molecule has 1 saturated heterocycles. The number of amides is 1. The third-order valence-electron chi connectivity index (χ3n) is 2.71. The van der Waals surface area contributed by atoms with Crippen molar-refractivity contribution in [3.05, 3.63) is 23.5 Å². The van der Waals surface area contributed by atoms with Crippen molar-refractivity contribution in [3.8, 4) is 0 Å². The zero-order chi connectivity index (χ0) is 11.6. The van der Waals surface area contributed by atoms with Gasteiger partial charge >= 0.3 is 0 Å². The Morgan fingerprint density at radius 2 is 2.50 bits per heavy atom. The summed E-state index contributed by atoms with van der Waals surface area (Å²) in [6.45, 7) is 2.42. The van der Waals surface area contributed by atoms with Crippen LogP contribution >= 0.6 is 11.6 Å². The van der Waals surface area contributed by atoms with E-state index in [0.717, 1.165) is 12.8 Å². The van der Waals surface area contributed by atoms with Crippen LogP contribution in [0.5, 0.6) is 0 Å². The maximum absolute atomic E-state index is 12.0. The molecule has 5 heteroatoms. The minimum Gasteiger partial charge on any atom is -0.365 e. The van der Waals surface area contributed by atoms with Gasteiger partial charge in [-0.1, -0.05) is 11.6 Å². The summed E-state index contributed by atoms with van der Waals surface area (Å²) in [4.78, 5) is 15.9. The van der Waals surface area contributed by atoms with Gasteiger partial charge in [-0.2, -0.15) is 0 Å². The molecule has 1 amide bonds. The second kappa shape index (κ2) is 4.39. The van der Waals surface area contributed by atoms with Gasteiger partial charge in [0, 0.05) is 12.8 Å². The van der Waals surface area contributed by atoms with E-state index in [1.807, 2.05) is 0 Å². The number of nitrogens with one attached hydrogen (secondary N) is 1. The Morgan fingerprint density at radius 1 is 1.69 bits per heavy atom. The van der Waals surface area contributed by atoms with Gasteiger partial charge in [0.15, 0.2) is 5.15 Å². The number of ether oxygens (including phenoxy) is 1. The van der Waals surface area contributed by atoms with Gasteiger partial charge in [-0.25, -0.2) is 4.98 Å². The molecule has 86 valence electrons. The molecule has 1 atom stereocenters. The minimum atomic E-state index is -0.737. The molecule has 0 spiro atoms. The van der Waals surface area contributed by atoms with Gasteiger partial charge in [-0.15, -0.1) is 0 Å². The molecule has 2 rings (SSSR count). The first kappa shape index (κ1) is 11.4. The van der Waals surface area contributed by atoms with Gasteiger partial charge < -0.3 is 10.1 Å². The molecular weight excluding hydrogens is 228 g/mol. The Hall–Kier alpha value is -1.13. The molecule has 2 heterocycles. The first-order chi connectivity index (χ1) is 7.62. The van der Waals surface area contributed by atoms with E-state index in [1.54, 1.807) is 25.3 Å². The third-order valence-corrected chi connectivity index (χ3v) is 3.01. The Kier molecular flexibility index (Phi) is 3.12. The maximum atomic E-state index is 12.0. The van der Waals surface area contributed by atoms with E-state index in [0.29, 0.717) is 12.3 Å². The van der Waals surface area contributed by atoms with Gasteiger partial charge in [0.05, 0.1) is 5.69 Å². The van der Waals surface area contributed by atoms with Crippen LogP contribution in [-0.4, -0.2) is 23.1 Å². The number of pyridine rings is 1. The summed E-state index contributed by atoms with van der Waals surface area (Å²) >= 11 is 5.85. The molecule has 0 radical (unpaired) electrons. The number of aromatic nitrogens is 1. The van der Waals surface area contributed by atoms with E-state index in [1.165, 1.54) is 0 Å². The largest absolute Gasteiger partial charge is 0.365 e. The lowest BCUT2D eigenvalue weighted by Gasteiger charge is -2.21. The average molecular weight is 241 g/mol. The van der Waals surface area contributed by atoms with Gasteiger partial charge in [-0.05, 0) is 31.9 Å². The molecule has 16 heavy (non-hydrogen) atoms. The average Bonchev–Trinajstić information content (AvgIpc) is 2.70. The van der Waals surface area contributed by atoms with Crippen LogP contribution in [0.4, 0.5) is 5.69 Å². The number of hydrogen-bond donors (Lipinski definition) is 1. The highest BCUT2D eigenvalue weighted by Crippen LogP contribution is 2.27. The fraction of sp³-hybridized carbons (Fsp3) is 0.455. The third kappa shape index (κ3) is 2.18. The standard InChI is InChI=1S/C11H13ClN2O2/c1-11(5-3-7-16-11)10(15)14-8-4-2-6-13-9(8)12/h2,4,6H,3,5,7H2,1H3,(H,14,15). The Bertz CT molecular complexity index is 403. The molecule has 4 nitrogen and oxygen atoms in total. The van der Waals surface area contributed by atoms with E-state index in [-0.39, 0.29) is 11.1 Å². The van der Waals surface area contributed by atoms with E-state index in [9.17, 15) is 4.79 Å². The maximum Gasteiger partial charge on any atom is 0.256 e. The fourth-order valence-electron chi connectivity index (χ4n) is 1.69. The van der Waals surface area contributed by atoms with Crippen molar-refractivity contribution in [3.63, 3.8) is 0 Å². The van der Waals surface area contributed by atoms with Crippen molar-refractivity contribution in [2.24, 2.45) is 0 Å². The lowest BCUT2D eigenvalue weighted by molar-refractivity contribution is -0.133. The number of rotatable bonds is 2. The highest BCUT2D eigenvalue weighted by Gasteiger charge is 2.37. The van der Waals surface area contributed by atoms with Crippen molar-refractivity contribution in [2.75, 3.05) is 11.9 Å². The molecule has 0 aliphatic carbocycles. The van der Waals surface area contributed by atoms with E-state index >= 15 is 0 Å². The minimum absolute atomic E-state index is 0.167. The molecule has 1 aliphatic rings. The summed E-state index contributed by atoms with van der Waals surface area (Å²) in [6, 6.07) is 3.44. The van der Waals surface area contributed by atoms with Crippen LogP contribution in [0.2, 0.25) is 5.15 Å². The summed E-state index contributed by atoms with van der Waals surface area (Å²) in [5.41, 5.74) is -0.218. The Morgan fingerprint density at radius 3 is 3.12 bits per heavy atom. The molecule has 0 saturated carbocycles. The zero-order valence-corrected chi connectivity index (χ0v) is 9.75. The predicted molar refractivity (Wildman–Crippen MR) is 61.5 cm³/mol. The summed E-state index contributed by atoms with van der Waals surface area (Å²) < 4.78 is 5.44. The number of nitrogens with zero attached hydrogens (tertiary/aromatic N) is 1. The Balaban J connectivity index is 2.10. The number of hydrogen-bond acceptors (Lipinski definition) is 3. The van der Waals surface area contributed by atoms with Crippen molar-refractivity contribution in [1.82, 2.24) is 4.98 Å². The van der Waals surface area contributed by atoms with E-state index < -0.39 is 5.60 Å². The van der Waals surface area contributed by atoms with Gasteiger partial charge in [0.2, 0.25) is 0 Å². The number of halogens is 1. The highest BCUT2D eigenvalue weighted by molar-refractivity contribution is 6.32. The topological polar surface area (TPSA) is 51.2 Å². The van der Waals surface area contributed by atoms with Crippen LogP contribution < -0.4 is 5.32 Å². The quantitative estimate of drug-likeness (QED) is 0.807. The lowest BCUT2D eigenvalue weighted by Crippen LogP contribution is -2.39. The molecule has 1 unspecified atom stereocenters. The molecule has 0 bridgehead atoms. The second-order valence-electron chi connectivity index (χ2n) is 3.98. The fourth-order valence-corrected chi connectivity index (χ4v) is 1.86. The number of anilines is 1. The monoisotopic (exact) mass is 240 g/mol. The van der Waals surface area contributed by atoms with Crippen LogP contribution in [0.25, 0.3) is 0 Å². The molecular formula is C11H13ClN2O2. The normalized spacial score (nSPS) is 24.4. The van der Waals surface area contributed by atoms with Gasteiger partial charge in [0.1, 0.15) is 5.60 Å². The highest BCUT2D eigenvalue weighted by atomic mass is 35.5. The SMILES string of the molecule is CC1(C(=O)Nc2cccnc2Cl)CCCO1. The van der Waals surface area contributed by atoms with Crippen molar-refractivity contribution < 1.29 is 9.53 Å². The first-order valence-electron chi connectivity index (χ1n) is 5.18. The smallest absolute Gasteiger partial charge is 0.256 e. The molecule has 0 aromatic carbocycles. The Labute approximate surface area is 99.0 Å². The summed E-state index contributed by atoms with van der Waals surface area (Å²) in [6.07, 6.45) is 3.22. The van der Waals surface area contributed by atoms with Crippen molar-refractivity contribution in [2.45, 2.75) is 25.4 Å². The molecule has 1 fully saturated rings. The van der Waals surface area contributed by atoms with Crippen LogP contribution in [0.3, 0.4) is 0 Å². The molecule has 1 N–H and O–H groups in total. The predicted octanol–water partition coefficient (Wildman–Crippen LogP) is 2.24. The van der Waals surface area contributed by atoms with Crippen LogP contribution in [0, 0.1) is 0 Å². The molecule has 1 aromatic heterocycles. The number of carbonyl (C=O) groups excluding carboxylic acids is 1. The molecule has 1 aliphatic heterocycles. The summed E-state index contributed by atoms with van der Waals surface area (Å²) in [7, 11) is 0. The summed E-state index contributed by atoms with van der Waals surface area (Å²) in [5.74, 6) is -0.167. The molecule has 1 aromatic rings. The zero-order valence-electron chi connectivity index (χ0n) is 9.00. The van der Waals surface area contributed by atoms with Gasteiger partial charge in [-0.3, -0.25) is 4.79 Å². The van der Waals surface area contributed by atoms with E-state index in [2.05, 4.69) is 10.3 Å².